The number of aliphatic hydroxyl groups is 1. The van der Waals surface area contributed by atoms with Gasteiger partial charge in [-0.3, -0.25) is 9.59 Å². The summed E-state index contributed by atoms with van der Waals surface area (Å²) < 4.78 is 0. The van der Waals surface area contributed by atoms with Gasteiger partial charge in [-0.25, -0.2) is 5.43 Å². The highest BCUT2D eigenvalue weighted by molar-refractivity contribution is 6.07. The Labute approximate surface area is 135 Å². The van der Waals surface area contributed by atoms with Crippen LogP contribution >= 0.6 is 0 Å². The molecule has 23 heavy (non-hydrogen) atoms. The van der Waals surface area contributed by atoms with Gasteiger partial charge in [0.1, 0.15) is 0 Å². The van der Waals surface area contributed by atoms with Crippen molar-refractivity contribution in [3.05, 3.63) is 29.3 Å². The first-order chi connectivity index (χ1) is 10.8. The summed E-state index contributed by atoms with van der Waals surface area (Å²) in [5.74, 6) is -0.380. The Bertz CT molecular complexity index is 709. The normalized spacial score (nSPS) is 23.2. The maximum Gasteiger partial charge on any atom is 0.240 e. The maximum absolute atomic E-state index is 12.1. The number of rotatable bonds is 2. The van der Waals surface area contributed by atoms with Crippen molar-refractivity contribution < 1.29 is 14.7 Å². The van der Waals surface area contributed by atoms with E-state index < -0.39 is 0 Å². The van der Waals surface area contributed by atoms with Crippen LogP contribution in [-0.4, -0.2) is 36.3 Å². The Balaban J connectivity index is 2.07. The van der Waals surface area contributed by atoms with Crippen molar-refractivity contribution in [1.82, 2.24) is 5.43 Å². The zero-order valence-corrected chi connectivity index (χ0v) is 13.6. The summed E-state index contributed by atoms with van der Waals surface area (Å²) in [5, 5.41) is 13.7. The molecule has 0 saturated heterocycles. The highest BCUT2D eigenvalue weighted by Crippen LogP contribution is 2.40. The van der Waals surface area contributed by atoms with Gasteiger partial charge in [-0.2, -0.15) is 5.10 Å². The topological polar surface area (TPSA) is 82.0 Å². The second kappa shape index (κ2) is 5.45. The van der Waals surface area contributed by atoms with E-state index in [1.165, 1.54) is 0 Å². The van der Waals surface area contributed by atoms with Gasteiger partial charge in [0.15, 0.2) is 0 Å². The molecule has 1 unspecified atom stereocenters. The van der Waals surface area contributed by atoms with E-state index in [2.05, 4.69) is 24.4 Å². The molecule has 2 amide bonds. The standard InChI is InChI=1S/C17H21N3O3/c1-17(2)8-15(23)20(3)13-5-4-10(6-12(13)17)16-11(9-21)7-14(22)18-19-16/h4-6,11,21H,7-9H2,1-3H3,(H,18,22). The first kappa shape index (κ1) is 15.7. The van der Waals surface area contributed by atoms with Crippen LogP contribution in [0.25, 0.3) is 0 Å². The van der Waals surface area contributed by atoms with E-state index in [9.17, 15) is 14.7 Å². The maximum atomic E-state index is 12.1. The summed E-state index contributed by atoms with van der Waals surface area (Å²) in [5.41, 5.74) is 5.76. The van der Waals surface area contributed by atoms with Crippen molar-refractivity contribution in [1.29, 1.82) is 0 Å². The number of hydrogen-bond acceptors (Lipinski definition) is 4. The molecular weight excluding hydrogens is 294 g/mol. The van der Waals surface area contributed by atoms with E-state index in [0.29, 0.717) is 12.1 Å². The summed E-state index contributed by atoms with van der Waals surface area (Å²) in [6, 6.07) is 5.83. The lowest BCUT2D eigenvalue weighted by atomic mass is 9.76. The van der Waals surface area contributed by atoms with Gasteiger partial charge in [-0.1, -0.05) is 19.9 Å². The lowest BCUT2D eigenvalue weighted by molar-refractivity contribution is -0.122. The number of fused-ring (bicyclic) bond motifs is 1. The van der Waals surface area contributed by atoms with Crippen LogP contribution in [0.5, 0.6) is 0 Å². The molecule has 1 atom stereocenters. The van der Waals surface area contributed by atoms with E-state index in [-0.39, 0.29) is 36.2 Å². The Morgan fingerprint density at radius 1 is 1.39 bits per heavy atom. The first-order valence-corrected chi connectivity index (χ1v) is 7.72. The van der Waals surface area contributed by atoms with Crippen molar-refractivity contribution in [3.8, 4) is 0 Å². The van der Waals surface area contributed by atoms with Gasteiger partial charge in [0.25, 0.3) is 0 Å². The molecule has 122 valence electrons. The molecule has 2 aliphatic rings. The van der Waals surface area contributed by atoms with E-state index in [4.69, 9.17) is 0 Å². The van der Waals surface area contributed by atoms with Crippen LogP contribution < -0.4 is 10.3 Å². The van der Waals surface area contributed by atoms with Gasteiger partial charge >= 0.3 is 0 Å². The minimum Gasteiger partial charge on any atom is -0.396 e. The van der Waals surface area contributed by atoms with Crippen LogP contribution in [0.3, 0.4) is 0 Å². The Hall–Kier alpha value is -2.21. The summed E-state index contributed by atoms with van der Waals surface area (Å²) in [6.07, 6.45) is 0.681. The van der Waals surface area contributed by atoms with Gasteiger partial charge < -0.3 is 10.0 Å². The lowest BCUT2D eigenvalue weighted by Crippen LogP contribution is -2.40. The van der Waals surface area contributed by atoms with Crippen molar-refractivity contribution >= 4 is 23.2 Å². The van der Waals surface area contributed by atoms with E-state index in [0.717, 1.165) is 16.8 Å². The number of amides is 2. The number of anilines is 1. The van der Waals surface area contributed by atoms with Crippen molar-refractivity contribution in [3.63, 3.8) is 0 Å². The number of carbonyl (C=O) groups excluding carboxylic acids is 2. The average Bonchev–Trinajstić information content (AvgIpc) is 2.52. The second-order valence-electron chi connectivity index (χ2n) is 6.86. The largest absolute Gasteiger partial charge is 0.396 e. The fourth-order valence-corrected chi connectivity index (χ4v) is 3.29. The zero-order valence-electron chi connectivity index (χ0n) is 13.6. The van der Waals surface area contributed by atoms with Crippen LogP contribution in [-0.2, 0) is 15.0 Å². The molecule has 0 saturated carbocycles. The molecule has 0 radical (unpaired) electrons. The van der Waals surface area contributed by atoms with Crippen molar-refractivity contribution in [2.75, 3.05) is 18.6 Å². The first-order valence-electron chi connectivity index (χ1n) is 7.72. The van der Waals surface area contributed by atoms with Gasteiger partial charge in [0.2, 0.25) is 11.8 Å². The smallest absolute Gasteiger partial charge is 0.240 e. The van der Waals surface area contributed by atoms with Crippen molar-refractivity contribution in [2.45, 2.75) is 32.1 Å². The number of carbonyl (C=O) groups is 2. The minimum atomic E-state index is -0.298. The van der Waals surface area contributed by atoms with Gasteiger partial charge in [0, 0.05) is 36.9 Å². The van der Waals surface area contributed by atoms with Crippen LogP contribution in [0.2, 0.25) is 0 Å². The third-order valence-corrected chi connectivity index (χ3v) is 4.69. The monoisotopic (exact) mass is 315 g/mol. The molecule has 6 heteroatoms. The summed E-state index contributed by atoms with van der Waals surface area (Å²) >= 11 is 0. The van der Waals surface area contributed by atoms with Crippen LogP contribution in [0, 0.1) is 5.92 Å². The van der Waals surface area contributed by atoms with E-state index >= 15 is 0 Å². The Morgan fingerprint density at radius 3 is 2.83 bits per heavy atom. The third kappa shape index (κ3) is 2.63. The summed E-state index contributed by atoms with van der Waals surface area (Å²) in [6.45, 7) is 3.98. The molecule has 1 aromatic carbocycles. The summed E-state index contributed by atoms with van der Waals surface area (Å²) in [7, 11) is 1.78. The van der Waals surface area contributed by atoms with Crippen LogP contribution in [0.1, 0.15) is 37.8 Å². The third-order valence-electron chi connectivity index (χ3n) is 4.69. The molecule has 0 aromatic heterocycles. The molecule has 2 N–H and O–H groups in total. The molecule has 3 rings (SSSR count). The van der Waals surface area contributed by atoms with Gasteiger partial charge in [0.05, 0.1) is 12.3 Å². The van der Waals surface area contributed by atoms with Crippen LogP contribution in [0.15, 0.2) is 23.3 Å². The Morgan fingerprint density at radius 2 is 2.13 bits per heavy atom. The number of nitrogens with one attached hydrogen (secondary N) is 1. The lowest BCUT2D eigenvalue weighted by Gasteiger charge is -2.37. The highest BCUT2D eigenvalue weighted by Gasteiger charge is 2.36. The number of hydrazone groups is 1. The molecular formula is C17H21N3O3. The van der Waals surface area contributed by atoms with E-state index in [1.54, 1.807) is 11.9 Å². The predicted molar refractivity (Wildman–Crippen MR) is 87.4 cm³/mol. The van der Waals surface area contributed by atoms with E-state index in [1.807, 2.05) is 18.2 Å². The number of hydrogen-bond donors (Lipinski definition) is 2. The fraction of sp³-hybridized carbons (Fsp3) is 0.471. The predicted octanol–water partition coefficient (Wildman–Crippen LogP) is 1.16. The quantitative estimate of drug-likeness (QED) is 0.859. The molecule has 0 aliphatic carbocycles. The van der Waals surface area contributed by atoms with Gasteiger partial charge in [-0.05, 0) is 23.3 Å². The average molecular weight is 315 g/mol. The fourth-order valence-electron chi connectivity index (χ4n) is 3.29. The minimum absolute atomic E-state index is 0.103. The summed E-state index contributed by atoms with van der Waals surface area (Å²) in [4.78, 5) is 25.2. The number of nitrogens with zero attached hydrogens (tertiary/aromatic N) is 2. The molecule has 0 fully saturated rings. The molecule has 0 spiro atoms. The molecule has 6 nitrogen and oxygen atoms in total. The SMILES string of the molecule is CN1C(=O)CC(C)(C)c2cc(C3=NNC(=O)CC3CO)ccc21. The molecule has 0 bridgehead atoms. The van der Waals surface area contributed by atoms with Crippen LogP contribution in [0.4, 0.5) is 5.69 Å². The molecule has 2 aliphatic heterocycles. The zero-order chi connectivity index (χ0) is 16.8. The van der Waals surface area contributed by atoms with Crippen molar-refractivity contribution in [2.24, 2.45) is 11.0 Å². The molecule has 1 aromatic rings. The second-order valence-corrected chi connectivity index (χ2v) is 6.86. The number of benzene rings is 1. The molecule has 2 heterocycles. The Kier molecular flexibility index (Phi) is 3.72. The van der Waals surface area contributed by atoms with Gasteiger partial charge in [-0.15, -0.1) is 0 Å². The number of aliphatic hydroxyl groups excluding tert-OH is 1. The highest BCUT2D eigenvalue weighted by atomic mass is 16.3.